The number of nitrogens with one attached hydrogen (secondary N) is 2. The van der Waals surface area contributed by atoms with E-state index in [2.05, 4.69) is 20.5 Å². The lowest BCUT2D eigenvalue weighted by Gasteiger charge is -2.54. The molecule has 0 radical (unpaired) electrons. The summed E-state index contributed by atoms with van der Waals surface area (Å²) >= 11 is 0. The zero-order chi connectivity index (χ0) is 22.2. The van der Waals surface area contributed by atoms with Gasteiger partial charge in [0, 0.05) is 19.4 Å². The van der Waals surface area contributed by atoms with E-state index >= 15 is 0 Å². The lowest BCUT2D eigenvalue weighted by Crippen LogP contribution is -2.55. The van der Waals surface area contributed by atoms with Crippen molar-refractivity contribution >= 4 is 18.2 Å². The van der Waals surface area contributed by atoms with E-state index in [0.29, 0.717) is 23.1 Å². The van der Waals surface area contributed by atoms with Crippen LogP contribution in [-0.2, 0) is 16.1 Å². The Balaban J connectivity index is 1.48. The number of rotatable bonds is 7. The van der Waals surface area contributed by atoms with Crippen LogP contribution < -0.4 is 10.6 Å². The highest BCUT2D eigenvalue weighted by molar-refractivity contribution is 5.95. The Morgan fingerprint density at radius 1 is 1.16 bits per heavy atom. The highest BCUT2D eigenvalue weighted by Crippen LogP contribution is 2.53. The van der Waals surface area contributed by atoms with Crippen molar-refractivity contribution in [3.63, 3.8) is 0 Å². The van der Waals surface area contributed by atoms with E-state index in [0.717, 1.165) is 11.8 Å². The van der Waals surface area contributed by atoms with Crippen molar-refractivity contribution in [3.05, 3.63) is 23.5 Å². The number of alkyl carbamates (subject to hydrolysis) is 1. The van der Waals surface area contributed by atoms with E-state index < -0.39 is 11.6 Å². The third-order valence-electron chi connectivity index (χ3n) is 7.19. The maximum Gasteiger partial charge on any atom is 0.407 e. The molecule has 0 unspecified atom stereocenters. The van der Waals surface area contributed by atoms with Crippen LogP contribution in [0.15, 0.2) is 12.3 Å². The molecule has 170 valence electrons. The van der Waals surface area contributed by atoms with E-state index in [1.165, 1.54) is 39.2 Å². The van der Waals surface area contributed by atoms with Gasteiger partial charge in [0.15, 0.2) is 0 Å². The lowest BCUT2D eigenvalue weighted by atomic mass is 9.54. The molecule has 0 saturated heterocycles. The summed E-state index contributed by atoms with van der Waals surface area (Å²) in [4.78, 5) is 24.7. The van der Waals surface area contributed by atoms with Gasteiger partial charge in [0.2, 0.25) is 0 Å². The minimum atomic E-state index is -0.647. The van der Waals surface area contributed by atoms with E-state index in [-0.39, 0.29) is 18.6 Å². The van der Waals surface area contributed by atoms with Crippen molar-refractivity contribution in [1.82, 2.24) is 20.4 Å². The summed E-state index contributed by atoms with van der Waals surface area (Å²) in [5, 5.41) is 10.5. The largest absolute Gasteiger partial charge is 0.453 e. The molecule has 4 bridgehead atoms. The summed E-state index contributed by atoms with van der Waals surface area (Å²) in [7, 11) is 2.93. The molecular weight excluding hydrogens is 396 g/mol. The monoisotopic (exact) mass is 430 g/mol. The third kappa shape index (κ3) is 4.63. The van der Waals surface area contributed by atoms with Crippen LogP contribution in [0.3, 0.4) is 0 Å². The van der Waals surface area contributed by atoms with Crippen LogP contribution in [0, 0.1) is 23.7 Å². The molecule has 4 aliphatic carbocycles. The number of methoxy groups -OCH3 is 2. The number of carbonyl (C=O) groups is 2. The molecule has 1 heterocycles. The fourth-order valence-electron chi connectivity index (χ4n) is 5.99. The predicted octanol–water partition coefficient (Wildman–Crippen LogP) is 3.19. The molecule has 4 saturated carbocycles. The highest BCUT2D eigenvalue weighted by atomic mass is 16.5. The minimum Gasteiger partial charge on any atom is -0.453 e. The van der Waals surface area contributed by atoms with Crippen molar-refractivity contribution in [1.29, 1.82) is 0 Å². The van der Waals surface area contributed by atoms with Crippen LogP contribution in [0.1, 0.15) is 62.0 Å². The van der Waals surface area contributed by atoms with Gasteiger partial charge < -0.3 is 20.1 Å². The van der Waals surface area contributed by atoms with Crippen LogP contribution in [0.2, 0.25) is 0 Å². The molecule has 4 aliphatic rings. The van der Waals surface area contributed by atoms with Crippen LogP contribution in [0.4, 0.5) is 4.79 Å². The molecule has 0 atom stereocenters. The second-order valence-corrected chi connectivity index (χ2v) is 9.97. The first-order valence-corrected chi connectivity index (χ1v) is 11.2. The predicted molar refractivity (Wildman–Crippen MR) is 116 cm³/mol. The van der Waals surface area contributed by atoms with Gasteiger partial charge in [-0.2, -0.15) is 5.10 Å². The highest BCUT2D eigenvalue weighted by Gasteiger charge is 2.48. The summed E-state index contributed by atoms with van der Waals surface area (Å²) in [5.41, 5.74) is 0.583. The average Bonchev–Trinajstić information content (AvgIpc) is 3.11. The quantitative estimate of drug-likeness (QED) is 0.693. The molecule has 4 fully saturated rings. The number of nitrogens with zero attached hydrogens (tertiary/aromatic N) is 2. The van der Waals surface area contributed by atoms with Gasteiger partial charge in [-0.15, -0.1) is 0 Å². The van der Waals surface area contributed by atoms with E-state index in [1.54, 1.807) is 30.3 Å². The molecule has 0 spiro atoms. The third-order valence-corrected chi connectivity index (χ3v) is 7.19. The topological polar surface area (TPSA) is 94.5 Å². The number of hydrogen-bond donors (Lipinski definition) is 2. The Kier molecular flexibility index (Phi) is 6.10. The first-order valence-electron chi connectivity index (χ1n) is 11.2. The van der Waals surface area contributed by atoms with Gasteiger partial charge in [-0.05, 0) is 75.7 Å². The molecule has 2 amide bonds. The number of ether oxygens (including phenoxy) is 2. The van der Waals surface area contributed by atoms with Gasteiger partial charge >= 0.3 is 6.09 Å². The van der Waals surface area contributed by atoms with E-state index in [9.17, 15) is 9.59 Å². The molecule has 0 aromatic carbocycles. The van der Waals surface area contributed by atoms with Crippen molar-refractivity contribution < 1.29 is 19.1 Å². The molecule has 1 aromatic heterocycles. The summed E-state index contributed by atoms with van der Waals surface area (Å²) in [5.74, 6) is 2.90. The maximum atomic E-state index is 13.2. The SMILES string of the molecule is COCc1c(C(=O)NC2C3CC4CC(C3)CC2C4)cnn1/C=C/C(C)(C)NC(=O)OC. The van der Waals surface area contributed by atoms with Gasteiger partial charge in [-0.1, -0.05) is 0 Å². The van der Waals surface area contributed by atoms with Crippen molar-refractivity contribution in [3.8, 4) is 0 Å². The van der Waals surface area contributed by atoms with Crippen molar-refractivity contribution in [2.24, 2.45) is 23.7 Å². The Bertz CT molecular complexity index is 832. The van der Waals surface area contributed by atoms with Gasteiger partial charge in [0.25, 0.3) is 5.91 Å². The van der Waals surface area contributed by atoms with Crippen LogP contribution in [0.5, 0.6) is 0 Å². The second kappa shape index (κ2) is 8.65. The fourth-order valence-corrected chi connectivity index (χ4v) is 5.99. The molecule has 0 aliphatic heterocycles. The van der Waals surface area contributed by atoms with Gasteiger partial charge in [0.05, 0.1) is 36.7 Å². The number of hydrogen-bond acceptors (Lipinski definition) is 5. The van der Waals surface area contributed by atoms with Crippen LogP contribution >= 0.6 is 0 Å². The standard InChI is InChI=1S/C23H34N4O4/c1-23(2,26-22(29)31-4)5-6-27-19(13-30-3)18(12-24-27)21(28)25-20-16-8-14-7-15(10-16)11-17(20)9-14/h5-6,12,14-17,20H,7-11,13H2,1-4H3,(H,25,28)(H,26,29)/b6-5+. The second-order valence-electron chi connectivity index (χ2n) is 9.97. The molecule has 31 heavy (non-hydrogen) atoms. The van der Waals surface area contributed by atoms with Crippen LogP contribution in [-0.4, -0.2) is 47.6 Å². The Labute approximate surface area is 183 Å². The van der Waals surface area contributed by atoms with Crippen LogP contribution in [0.25, 0.3) is 6.20 Å². The number of carbonyl (C=O) groups excluding carboxylic acids is 2. The van der Waals surface area contributed by atoms with E-state index in [1.807, 2.05) is 13.8 Å². The van der Waals surface area contributed by atoms with Gasteiger partial charge in [-0.3, -0.25) is 4.79 Å². The molecule has 8 heteroatoms. The number of amides is 2. The summed E-state index contributed by atoms with van der Waals surface area (Å²) in [6, 6.07) is 0.276. The fraction of sp³-hybridized carbons (Fsp3) is 0.696. The Morgan fingerprint density at radius 2 is 1.81 bits per heavy atom. The maximum absolute atomic E-state index is 13.2. The Hall–Kier alpha value is -2.35. The molecule has 8 nitrogen and oxygen atoms in total. The minimum absolute atomic E-state index is 0.0730. The summed E-state index contributed by atoms with van der Waals surface area (Å²) in [6.45, 7) is 3.96. The van der Waals surface area contributed by atoms with Crippen molar-refractivity contribution in [2.75, 3.05) is 14.2 Å². The van der Waals surface area contributed by atoms with Gasteiger partial charge in [0.1, 0.15) is 0 Å². The average molecular weight is 431 g/mol. The zero-order valence-corrected chi connectivity index (χ0v) is 18.9. The van der Waals surface area contributed by atoms with Crippen molar-refractivity contribution in [2.45, 2.75) is 64.1 Å². The number of aromatic nitrogens is 2. The summed E-state index contributed by atoms with van der Waals surface area (Å²) < 4.78 is 11.7. The Morgan fingerprint density at radius 3 is 2.39 bits per heavy atom. The molecule has 5 rings (SSSR count). The zero-order valence-electron chi connectivity index (χ0n) is 18.9. The smallest absolute Gasteiger partial charge is 0.407 e. The molecular formula is C23H34N4O4. The summed E-state index contributed by atoms with van der Waals surface area (Å²) in [6.07, 6.45) is 11.1. The lowest BCUT2D eigenvalue weighted by molar-refractivity contribution is -0.0119. The van der Waals surface area contributed by atoms with E-state index in [4.69, 9.17) is 4.74 Å². The first kappa shape index (κ1) is 21.9. The molecule has 2 N–H and O–H groups in total. The molecule has 1 aromatic rings. The first-order chi connectivity index (χ1) is 14.8. The normalized spacial score (nSPS) is 29.4. The van der Waals surface area contributed by atoms with Gasteiger partial charge in [-0.25, -0.2) is 9.48 Å².